The van der Waals surface area contributed by atoms with E-state index in [0.29, 0.717) is 0 Å². The van der Waals surface area contributed by atoms with E-state index in [9.17, 15) is 0 Å². The third-order valence-corrected chi connectivity index (χ3v) is 20.8. The van der Waals surface area contributed by atoms with Crippen LogP contribution in [0.1, 0.15) is 49.9 Å². The summed E-state index contributed by atoms with van der Waals surface area (Å²) in [7, 11) is 0. The van der Waals surface area contributed by atoms with Crippen molar-refractivity contribution in [2.45, 2.75) is 38.5 Å². The standard InChI is InChI=1S/C88H62N4/c1-87(2)76-51-56(55-36-46-85-74(49-55)72-29-15-19-33-82(72)90(85)58-21-7-5-8-22-58)35-41-65(76)66-42-38-60(52-77(66)87)89(61-39-43-67-68-44-40-62(54-79(68)88(3,4)78(67)53-61)92-80-31-17-13-27-70(80)71-28-14-18-32-81(71)92)84-48-45-63(64-25-11-12-26-69(64)84)57-37-47-86-75(50-57)73-30-16-20-34-83(73)91(86)59-23-9-6-10-24-59/h5-54H,1-4H3. The molecule has 434 valence electrons. The van der Waals surface area contributed by atoms with Crippen molar-refractivity contribution in [3.63, 3.8) is 0 Å². The SMILES string of the molecule is CC1(C)c2cc(-c3ccc4c(c3)c3ccccc3n4-c3ccccc3)ccc2-c2ccc(N(c3ccc4c(c3)C(C)(C)c3cc(-n5c6ccccc6c6ccccc65)ccc3-4)c3ccc(-c4ccc5c(c4)c4ccccc4n5-c4ccccc4)c4ccccc34)cc21. The van der Waals surface area contributed by atoms with E-state index in [4.69, 9.17) is 0 Å². The topological polar surface area (TPSA) is 18.0 Å². The van der Waals surface area contributed by atoms with Crippen LogP contribution in [0.5, 0.6) is 0 Å². The summed E-state index contributed by atoms with van der Waals surface area (Å²) in [5.41, 5.74) is 28.9. The van der Waals surface area contributed by atoms with Crippen molar-refractivity contribution in [2.24, 2.45) is 0 Å². The average Bonchev–Trinajstić information content (AvgIpc) is 1.56. The molecule has 4 heteroatoms. The summed E-state index contributed by atoms with van der Waals surface area (Å²) >= 11 is 0. The molecule has 92 heavy (non-hydrogen) atoms. The highest BCUT2D eigenvalue weighted by molar-refractivity contribution is 6.14. The summed E-state index contributed by atoms with van der Waals surface area (Å²) in [4.78, 5) is 2.55. The molecule has 0 atom stereocenters. The number of fused-ring (bicyclic) bond motifs is 16. The van der Waals surface area contributed by atoms with E-state index < -0.39 is 0 Å². The maximum Gasteiger partial charge on any atom is 0.0541 e. The van der Waals surface area contributed by atoms with Gasteiger partial charge in [-0.2, -0.15) is 0 Å². The van der Waals surface area contributed by atoms with Crippen LogP contribution in [0.4, 0.5) is 17.1 Å². The van der Waals surface area contributed by atoms with Gasteiger partial charge in [-0.15, -0.1) is 0 Å². The molecular weight excluding hydrogens is 1110 g/mol. The smallest absolute Gasteiger partial charge is 0.0541 e. The van der Waals surface area contributed by atoms with Crippen molar-refractivity contribution < 1.29 is 0 Å². The Bertz CT molecular complexity index is 5900. The Morgan fingerprint density at radius 2 is 0.576 bits per heavy atom. The largest absolute Gasteiger partial charge is 0.310 e. The molecule has 17 aromatic rings. The molecule has 3 heterocycles. The molecule has 0 saturated carbocycles. The van der Waals surface area contributed by atoms with Crippen LogP contribution in [0.25, 0.3) is 138 Å². The summed E-state index contributed by atoms with van der Waals surface area (Å²) in [6.45, 7) is 9.69. The Balaban J connectivity index is 0.756. The van der Waals surface area contributed by atoms with Crippen LogP contribution in [0, 0.1) is 0 Å². The Hall–Kier alpha value is -11.5. The molecule has 0 fully saturated rings. The van der Waals surface area contributed by atoms with E-state index in [1.54, 1.807) is 0 Å². The number of hydrogen-bond donors (Lipinski definition) is 0. The number of nitrogens with zero attached hydrogens (tertiary/aromatic N) is 4. The van der Waals surface area contributed by atoms with Crippen LogP contribution < -0.4 is 4.90 Å². The summed E-state index contributed by atoms with van der Waals surface area (Å²) in [6.07, 6.45) is 0. The van der Waals surface area contributed by atoms with E-state index in [-0.39, 0.29) is 10.8 Å². The normalized spacial score (nSPS) is 13.6. The Morgan fingerprint density at radius 1 is 0.228 bits per heavy atom. The lowest BCUT2D eigenvalue weighted by Gasteiger charge is -2.31. The van der Waals surface area contributed by atoms with E-state index >= 15 is 0 Å². The number of rotatable bonds is 8. The predicted octanol–water partition coefficient (Wildman–Crippen LogP) is 23.5. The molecule has 0 bridgehead atoms. The van der Waals surface area contributed by atoms with Gasteiger partial charge in [0.15, 0.2) is 0 Å². The molecule has 0 aliphatic heterocycles. The van der Waals surface area contributed by atoms with Gasteiger partial charge < -0.3 is 18.6 Å². The lowest BCUT2D eigenvalue weighted by Crippen LogP contribution is -2.18. The van der Waals surface area contributed by atoms with Crippen LogP contribution in [0.3, 0.4) is 0 Å². The van der Waals surface area contributed by atoms with Gasteiger partial charge in [-0.1, -0.05) is 210 Å². The molecule has 19 rings (SSSR count). The highest BCUT2D eigenvalue weighted by Crippen LogP contribution is 2.55. The summed E-state index contributed by atoms with van der Waals surface area (Å²) < 4.78 is 7.25. The fourth-order valence-corrected chi connectivity index (χ4v) is 16.4. The monoisotopic (exact) mass is 1170 g/mol. The van der Waals surface area contributed by atoms with Crippen molar-refractivity contribution in [3.8, 4) is 61.6 Å². The van der Waals surface area contributed by atoms with Crippen molar-refractivity contribution in [2.75, 3.05) is 4.90 Å². The van der Waals surface area contributed by atoms with E-state index in [1.807, 2.05) is 0 Å². The molecule has 0 spiro atoms. The highest BCUT2D eigenvalue weighted by atomic mass is 15.1. The number of hydrogen-bond acceptors (Lipinski definition) is 1. The fraction of sp³-hybridized carbons (Fsp3) is 0.0682. The van der Waals surface area contributed by atoms with Gasteiger partial charge >= 0.3 is 0 Å². The second-order valence-electron chi connectivity index (χ2n) is 26.4. The van der Waals surface area contributed by atoms with Crippen molar-refractivity contribution in [3.05, 3.63) is 326 Å². The Labute approximate surface area is 534 Å². The molecule has 0 N–H and O–H groups in total. The number of anilines is 3. The summed E-state index contributed by atoms with van der Waals surface area (Å²) in [5.74, 6) is 0. The number of benzene rings is 14. The molecule has 4 nitrogen and oxygen atoms in total. The first-order chi connectivity index (χ1) is 45.2. The number of para-hydroxylation sites is 6. The maximum atomic E-state index is 2.55. The lowest BCUT2D eigenvalue weighted by atomic mass is 9.81. The summed E-state index contributed by atoms with van der Waals surface area (Å²) in [6, 6.07) is 114. The first-order valence-corrected chi connectivity index (χ1v) is 32.2. The molecule has 0 unspecified atom stereocenters. The molecule has 0 amide bonds. The van der Waals surface area contributed by atoms with E-state index in [0.717, 1.165) is 22.7 Å². The van der Waals surface area contributed by atoms with Gasteiger partial charge in [-0.3, -0.25) is 0 Å². The van der Waals surface area contributed by atoms with Crippen molar-refractivity contribution in [1.82, 2.24) is 13.7 Å². The molecule has 2 aliphatic carbocycles. The molecule has 3 aromatic heterocycles. The van der Waals surface area contributed by atoms with Gasteiger partial charge in [0.05, 0.1) is 38.8 Å². The summed E-state index contributed by atoms with van der Waals surface area (Å²) in [5, 5.41) is 9.93. The predicted molar refractivity (Wildman–Crippen MR) is 388 cm³/mol. The van der Waals surface area contributed by atoms with Crippen LogP contribution in [0.2, 0.25) is 0 Å². The van der Waals surface area contributed by atoms with Crippen molar-refractivity contribution in [1.29, 1.82) is 0 Å². The molecule has 2 aliphatic rings. The van der Waals surface area contributed by atoms with Crippen molar-refractivity contribution >= 4 is 93.3 Å². The van der Waals surface area contributed by atoms with E-state index in [2.05, 4.69) is 350 Å². The maximum absolute atomic E-state index is 2.55. The zero-order chi connectivity index (χ0) is 61.1. The minimum Gasteiger partial charge on any atom is -0.310 e. The molecular formula is C88H62N4. The Morgan fingerprint density at radius 3 is 1.10 bits per heavy atom. The molecule has 0 saturated heterocycles. The second kappa shape index (κ2) is 19.5. The van der Waals surface area contributed by atoms with Gasteiger partial charge in [-0.25, -0.2) is 0 Å². The highest BCUT2D eigenvalue weighted by Gasteiger charge is 2.39. The van der Waals surface area contributed by atoms with Crippen LogP contribution in [-0.4, -0.2) is 13.7 Å². The van der Waals surface area contributed by atoms with Gasteiger partial charge in [0, 0.05) is 77.0 Å². The van der Waals surface area contributed by atoms with Crippen LogP contribution in [-0.2, 0) is 10.8 Å². The lowest BCUT2D eigenvalue weighted by molar-refractivity contribution is 0.659. The number of aromatic nitrogens is 3. The second-order valence-corrected chi connectivity index (χ2v) is 26.4. The van der Waals surface area contributed by atoms with Crippen LogP contribution >= 0.6 is 0 Å². The molecule has 0 radical (unpaired) electrons. The minimum atomic E-state index is -0.307. The zero-order valence-electron chi connectivity index (χ0n) is 51.7. The van der Waals surface area contributed by atoms with Crippen LogP contribution in [0.15, 0.2) is 303 Å². The quantitative estimate of drug-likeness (QED) is 0.148. The third kappa shape index (κ3) is 7.52. The average molecular weight is 1180 g/mol. The first kappa shape index (κ1) is 52.5. The minimum absolute atomic E-state index is 0.306. The zero-order valence-corrected chi connectivity index (χ0v) is 51.7. The van der Waals surface area contributed by atoms with Gasteiger partial charge in [0.2, 0.25) is 0 Å². The van der Waals surface area contributed by atoms with Gasteiger partial charge in [0.1, 0.15) is 0 Å². The van der Waals surface area contributed by atoms with Gasteiger partial charge in [0.25, 0.3) is 0 Å². The van der Waals surface area contributed by atoms with Gasteiger partial charge in [-0.05, 0) is 193 Å². The molecule has 14 aromatic carbocycles. The first-order valence-electron chi connectivity index (χ1n) is 32.2. The van der Waals surface area contributed by atoms with E-state index in [1.165, 1.54) is 154 Å². The fourth-order valence-electron chi connectivity index (χ4n) is 16.4. The third-order valence-electron chi connectivity index (χ3n) is 20.8. The Kier molecular flexibility index (Phi) is 11.1.